The topological polar surface area (TPSA) is 63.0 Å². The summed E-state index contributed by atoms with van der Waals surface area (Å²) in [6.45, 7) is 1.76. The third-order valence-electron chi connectivity index (χ3n) is 4.81. The molecule has 0 radical (unpaired) electrons. The van der Waals surface area contributed by atoms with E-state index in [4.69, 9.17) is 5.11 Å². The summed E-state index contributed by atoms with van der Waals surface area (Å²) in [5.74, 6) is 0.806. The molecule has 5 nitrogen and oxygen atoms in total. The highest BCUT2D eigenvalue weighted by molar-refractivity contribution is 9.10. The van der Waals surface area contributed by atoms with E-state index in [-0.39, 0.29) is 6.61 Å². The first-order chi connectivity index (χ1) is 11.7. The second kappa shape index (κ2) is 8.74. The molecule has 0 unspecified atom stereocenters. The van der Waals surface area contributed by atoms with Crippen molar-refractivity contribution in [2.45, 2.75) is 51.3 Å². The molecule has 1 aromatic heterocycles. The highest BCUT2D eigenvalue weighted by atomic mass is 79.9. The van der Waals surface area contributed by atoms with Gasteiger partial charge in [0.25, 0.3) is 0 Å². The molecule has 130 valence electrons. The zero-order valence-corrected chi connectivity index (χ0v) is 15.5. The minimum absolute atomic E-state index is 0.0464. The number of hydrogen-bond acceptors (Lipinski definition) is 4. The Morgan fingerprint density at radius 2 is 2.08 bits per heavy atom. The largest absolute Gasteiger partial charge is 0.390 e. The van der Waals surface area contributed by atoms with Crippen molar-refractivity contribution in [3.8, 4) is 0 Å². The Hall–Kier alpha value is -1.24. The molecule has 1 aromatic carbocycles. The van der Waals surface area contributed by atoms with Crippen LogP contribution in [-0.4, -0.2) is 32.7 Å². The fourth-order valence-electron chi connectivity index (χ4n) is 3.17. The lowest BCUT2D eigenvalue weighted by Gasteiger charge is -2.34. The number of halogens is 1. The number of rotatable bonds is 9. The Kier molecular flexibility index (Phi) is 6.40. The van der Waals surface area contributed by atoms with Gasteiger partial charge >= 0.3 is 0 Å². The van der Waals surface area contributed by atoms with Crippen LogP contribution in [0, 0.1) is 5.92 Å². The van der Waals surface area contributed by atoms with Gasteiger partial charge in [0.1, 0.15) is 5.69 Å². The van der Waals surface area contributed by atoms with Crippen molar-refractivity contribution in [3.05, 3.63) is 46.2 Å². The van der Waals surface area contributed by atoms with Crippen molar-refractivity contribution in [2.24, 2.45) is 5.92 Å². The van der Waals surface area contributed by atoms with Crippen molar-refractivity contribution in [1.82, 2.24) is 20.3 Å². The molecule has 0 amide bonds. The van der Waals surface area contributed by atoms with Crippen LogP contribution in [0.15, 0.2) is 34.9 Å². The molecule has 6 heteroatoms. The zero-order valence-electron chi connectivity index (χ0n) is 13.9. The Morgan fingerprint density at radius 1 is 1.29 bits per heavy atom. The van der Waals surface area contributed by atoms with E-state index in [9.17, 15) is 0 Å². The molecule has 1 heterocycles. The third kappa shape index (κ3) is 4.88. The van der Waals surface area contributed by atoms with Gasteiger partial charge in [0, 0.05) is 17.1 Å². The van der Waals surface area contributed by atoms with Crippen LogP contribution in [0.3, 0.4) is 0 Å². The van der Waals surface area contributed by atoms with Gasteiger partial charge in [-0.05, 0) is 55.8 Å². The van der Waals surface area contributed by atoms with Gasteiger partial charge in [-0.3, -0.25) is 4.68 Å². The van der Waals surface area contributed by atoms with Gasteiger partial charge in [0.2, 0.25) is 0 Å². The summed E-state index contributed by atoms with van der Waals surface area (Å²) >= 11 is 3.50. The molecule has 0 saturated heterocycles. The predicted molar refractivity (Wildman–Crippen MR) is 97.5 cm³/mol. The normalized spacial score (nSPS) is 16.1. The fourth-order valence-corrected chi connectivity index (χ4v) is 3.44. The van der Waals surface area contributed by atoms with Gasteiger partial charge in [0.05, 0.1) is 12.8 Å². The van der Waals surface area contributed by atoms with Crippen LogP contribution in [0.4, 0.5) is 0 Å². The number of aliphatic hydroxyl groups excluding tert-OH is 1. The van der Waals surface area contributed by atoms with Crippen LogP contribution >= 0.6 is 15.9 Å². The highest BCUT2D eigenvalue weighted by Crippen LogP contribution is 2.31. The predicted octanol–water partition coefficient (Wildman–Crippen LogP) is 2.92. The standard InChI is InChI=1S/C18H25BrN4O/c19-16-7-5-14(6-8-16)11-18(15-3-1-4-15)20-9-2-10-23-12-17(13-24)21-22-23/h5-8,12,15,18,20,24H,1-4,9-11,13H2/t18-/m0/s1. The summed E-state index contributed by atoms with van der Waals surface area (Å²) in [7, 11) is 0. The average molecular weight is 393 g/mol. The maximum atomic E-state index is 9.02. The van der Waals surface area contributed by atoms with Crippen LogP contribution in [0.2, 0.25) is 0 Å². The van der Waals surface area contributed by atoms with E-state index in [1.165, 1.54) is 24.8 Å². The summed E-state index contributed by atoms with van der Waals surface area (Å²) in [5.41, 5.74) is 2.03. The summed E-state index contributed by atoms with van der Waals surface area (Å²) in [4.78, 5) is 0. The van der Waals surface area contributed by atoms with E-state index in [0.717, 1.165) is 36.3 Å². The van der Waals surface area contributed by atoms with Crippen LogP contribution in [0.1, 0.15) is 36.9 Å². The first-order valence-electron chi connectivity index (χ1n) is 8.72. The van der Waals surface area contributed by atoms with Gasteiger partial charge < -0.3 is 10.4 Å². The molecular weight excluding hydrogens is 368 g/mol. The van der Waals surface area contributed by atoms with Crippen molar-refractivity contribution >= 4 is 15.9 Å². The minimum atomic E-state index is -0.0464. The minimum Gasteiger partial charge on any atom is -0.390 e. The molecular formula is C18H25BrN4O. The molecule has 1 saturated carbocycles. The molecule has 24 heavy (non-hydrogen) atoms. The van der Waals surface area contributed by atoms with Gasteiger partial charge in [-0.1, -0.05) is 39.7 Å². The number of nitrogens with one attached hydrogen (secondary N) is 1. The molecule has 0 spiro atoms. The molecule has 0 bridgehead atoms. The fraction of sp³-hybridized carbons (Fsp3) is 0.556. The highest BCUT2D eigenvalue weighted by Gasteiger charge is 2.26. The second-order valence-electron chi connectivity index (χ2n) is 6.57. The maximum Gasteiger partial charge on any atom is 0.108 e. The molecule has 3 rings (SSSR count). The Morgan fingerprint density at radius 3 is 2.71 bits per heavy atom. The molecule has 2 N–H and O–H groups in total. The molecule has 2 aromatic rings. The quantitative estimate of drug-likeness (QED) is 0.643. The van der Waals surface area contributed by atoms with Crippen molar-refractivity contribution in [3.63, 3.8) is 0 Å². The van der Waals surface area contributed by atoms with Crippen LogP contribution in [0.25, 0.3) is 0 Å². The number of hydrogen-bond donors (Lipinski definition) is 2. The van der Waals surface area contributed by atoms with Crippen LogP contribution in [-0.2, 0) is 19.6 Å². The first-order valence-corrected chi connectivity index (χ1v) is 9.51. The van der Waals surface area contributed by atoms with E-state index in [2.05, 4.69) is 55.8 Å². The van der Waals surface area contributed by atoms with Crippen molar-refractivity contribution < 1.29 is 5.11 Å². The van der Waals surface area contributed by atoms with Crippen molar-refractivity contribution in [1.29, 1.82) is 0 Å². The monoisotopic (exact) mass is 392 g/mol. The second-order valence-corrected chi connectivity index (χ2v) is 7.48. The third-order valence-corrected chi connectivity index (χ3v) is 5.34. The first kappa shape index (κ1) is 17.6. The molecule has 1 atom stereocenters. The number of aliphatic hydroxyl groups is 1. The van der Waals surface area contributed by atoms with Crippen molar-refractivity contribution in [2.75, 3.05) is 6.54 Å². The number of nitrogens with zero attached hydrogens (tertiary/aromatic N) is 3. The summed E-state index contributed by atoms with van der Waals surface area (Å²) in [6.07, 6.45) is 7.97. The summed E-state index contributed by atoms with van der Waals surface area (Å²) in [5, 5.41) is 20.7. The van der Waals surface area contributed by atoms with Crippen LogP contribution in [0.5, 0.6) is 0 Å². The van der Waals surface area contributed by atoms with E-state index in [1.807, 2.05) is 6.20 Å². The molecule has 1 aliphatic rings. The van der Waals surface area contributed by atoms with E-state index < -0.39 is 0 Å². The lowest BCUT2D eigenvalue weighted by atomic mass is 9.77. The Balaban J connectivity index is 1.46. The number of aromatic nitrogens is 3. The lowest BCUT2D eigenvalue weighted by Crippen LogP contribution is -2.41. The summed E-state index contributed by atoms with van der Waals surface area (Å²) in [6, 6.07) is 9.23. The Labute approximate surface area is 151 Å². The molecule has 1 fully saturated rings. The SMILES string of the molecule is OCc1cn(CCCN[C@@H](Cc2ccc(Br)cc2)C2CCC2)nn1. The molecule has 1 aliphatic carbocycles. The van der Waals surface area contributed by atoms with E-state index in [1.54, 1.807) is 4.68 Å². The number of benzene rings is 1. The van der Waals surface area contributed by atoms with E-state index >= 15 is 0 Å². The summed E-state index contributed by atoms with van der Waals surface area (Å²) < 4.78 is 2.94. The van der Waals surface area contributed by atoms with Gasteiger partial charge in [-0.2, -0.15) is 0 Å². The average Bonchev–Trinajstić information content (AvgIpc) is 3.00. The lowest BCUT2D eigenvalue weighted by molar-refractivity contribution is 0.226. The number of aryl methyl sites for hydroxylation is 1. The van der Waals surface area contributed by atoms with Gasteiger partial charge in [-0.15, -0.1) is 5.10 Å². The van der Waals surface area contributed by atoms with Gasteiger partial charge in [0.15, 0.2) is 0 Å². The molecule has 0 aliphatic heterocycles. The zero-order chi connectivity index (χ0) is 16.8. The Bertz CT molecular complexity index is 624. The smallest absolute Gasteiger partial charge is 0.108 e. The maximum absolute atomic E-state index is 9.02. The van der Waals surface area contributed by atoms with Gasteiger partial charge in [-0.25, -0.2) is 0 Å². The van der Waals surface area contributed by atoms with Crippen LogP contribution < -0.4 is 5.32 Å². The van der Waals surface area contributed by atoms with E-state index in [0.29, 0.717) is 11.7 Å².